The highest BCUT2D eigenvalue weighted by atomic mass is 16.6. The summed E-state index contributed by atoms with van der Waals surface area (Å²) in [6.45, 7) is 0.507. The van der Waals surface area contributed by atoms with Gasteiger partial charge in [0.1, 0.15) is 5.69 Å². The van der Waals surface area contributed by atoms with Gasteiger partial charge >= 0.3 is 0 Å². The third kappa shape index (κ3) is 4.21. The maximum Gasteiger partial charge on any atom is 0.294 e. The van der Waals surface area contributed by atoms with Crippen LogP contribution in [0.2, 0.25) is 0 Å². The van der Waals surface area contributed by atoms with Gasteiger partial charge in [0.15, 0.2) is 11.5 Å². The van der Waals surface area contributed by atoms with E-state index in [0.717, 1.165) is 10.5 Å². The number of carbonyl (C=O) groups excluding carboxylic acids is 2. The number of allylic oxidation sites excluding steroid dienone is 2. The first-order valence-corrected chi connectivity index (χ1v) is 11.1. The number of carbonyl (C=O) groups is 2. The summed E-state index contributed by atoms with van der Waals surface area (Å²) in [6.07, 6.45) is 5.48. The van der Waals surface area contributed by atoms with Crippen molar-refractivity contribution in [2.45, 2.75) is 19.3 Å². The second-order valence-electron chi connectivity index (χ2n) is 8.46. The average molecular weight is 466 g/mol. The monoisotopic (exact) mass is 465 g/mol. The Labute approximate surface area is 197 Å². The lowest BCUT2D eigenvalue weighted by atomic mass is 9.85. The summed E-state index contributed by atoms with van der Waals surface area (Å²) < 4.78 is 10.6. The van der Waals surface area contributed by atoms with Crippen LogP contribution < -0.4 is 19.3 Å². The lowest BCUT2D eigenvalue weighted by molar-refractivity contribution is -0.384. The molecular formula is C25H27N3O6. The molecule has 0 bridgehead atoms. The number of fused-ring (bicyclic) bond motifs is 1. The molecule has 0 N–H and O–H groups in total. The Bertz CT molecular complexity index is 1140. The molecule has 1 aliphatic carbocycles. The van der Waals surface area contributed by atoms with E-state index >= 15 is 0 Å². The summed E-state index contributed by atoms with van der Waals surface area (Å²) in [4.78, 5) is 40.1. The second-order valence-corrected chi connectivity index (χ2v) is 8.46. The molecule has 4 rings (SSSR count). The summed E-state index contributed by atoms with van der Waals surface area (Å²) >= 11 is 0. The van der Waals surface area contributed by atoms with E-state index in [0.29, 0.717) is 43.0 Å². The van der Waals surface area contributed by atoms with Gasteiger partial charge in [-0.15, -0.1) is 0 Å². The lowest BCUT2D eigenvalue weighted by Gasteiger charge is -2.21. The summed E-state index contributed by atoms with van der Waals surface area (Å²) in [5, 5.41) is 11.9. The van der Waals surface area contributed by atoms with E-state index in [1.807, 2.05) is 30.4 Å². The number of rotatable bonds is 8. The zero-order chi connectivity index (χ0) is 24.4. The third-order valence-corrected chi connectivity index (χ3v) is 6.52. The first-order valence-electron chi connectivity index (χ1n) is 11.1. The van der Waals surface area contributed by atoms with Crippen LogP contribution in [0.5, 0.6) is 11.5 Å². The fraction of sp³-hybridized carbons (Fsp3) is 0.360. The van der Waals surface area contributed by atoms with Gasteiger partial charge in [-0.05, 0) is 49.1 Å². The lowest BCUT2D eigenvalue weighted by Crippen LogP contribution is -2.31. The number of benzene rings is 2. The smallest absolute Gasteiger partial charge is 0.294 e. The average Bonchev–Trinajstić information content (AvgIpc) is 3.11. The number of amides is 2. The molecule has 2 aromatic carbocycles. The Kier molecular flexibility index (Phi) is 6.54. The van der Waals surface area contributed by atoms with E-state index < -0.39 is 4.92 Å². The molecular weight excluding hydrogens is 438 g/mol. The van der Waals surface area contributed by atoms with Crippen molar-refractivity contribution >= 4 is 28.9 Å². The zero-order valence-corrected chi connectivity index (χ0v) is 19.4. The predicted octanol–water partition coefficient (Wildman–Crippen LogP) is 3.75. The molecule has 9 heteroatoms. The topological polar surface area (TPSA) is 102 Å². The molecule has 9 nitrogen and oxygen atoms in total. The molecule has 1 aliphatic heterocycles. The van der Waals surface area contributed by atoms with Gasteiger partial charge in [0.05, 0.1) is 36.7 Å². The fourth-order valence-corrected chi connectivity index (χ4v) is 4.63. The van der Waals surface area contributed by atoms with Crippen LogP contribution >= 0.6 is 0 Å². The van der Waals surface area contributed by atoms with Crippen LogP contribution in [0.15, 0.2) is 48.6 Å². The highest BCUT2D eigenvalue weighted by Gasteiger charge is 2.48. The maximum atomic E-state index is 12.9. The quantitative estimate of drug-likeness (QED) is 0.253. The standard InChI is InChI=1S/C25H27N3O6/c1-26(13-12-16-8-11-22(33-2)23(14-16)34-3)20-10-9-17(15-21(20)28(31)32)27-24(29)18-6-4-5-7-19(18)25(27)30/h4-5,8-11,14-15,18-19H,6-7,12-13H2,1-3H3/t18-,19-/m0/s1. The van der Waals surface area contributed by atoms with E-state index in [-0.39, 0.29) is 35.0 Å². The number of anilines is 2. The molecule has 2 atom stereocenters. The van der Waals surface area contributed by atoms with Crippen molar-refractivity contribution in [3.05, 3.63) is 64.2 Å². The predicted molar refractivity (Wildman–Crippen MR) is 127 cm³/mol. The molecule has 0 saturated carbocycles. The summed E-state index contributed by atoms with van der Waals surface area (Å²) in [5.41, 5.74) is 1.50. The van der Waals surface area contributed by atoms with Gasteiger partial charge in [-0.25, -0.2) is 4.90 Å². The number of imide groups is 1. The highest BCUT2D eigenvalue weighted by molar-refractivity contribution is 6.22. The van der Waals surface area contributed by atoms with Gasteiger partial charge in [0, 0.05) is 19.7 Å². The zero-order valence-electron chi connectivity index (χ0n) is 19.4. The molecule has 0 spiro atoms. The molecule has 34 heavy (non-hydrogen) atoms. The minimum atomic E-state index is -0.481. The van der Waals surface area contributed by atoms with Crippen molar-refractivity contribution in [2.24, 2.45) is 11.8 Å². The van der Waals surface area contributed by atoms with Gasteiger partial charge in [0.2, 0.25) is 11.8 Å². The number of nitro groups is 1. The number of hydrogen-bond donors (Lipinski definition) is 0. The van der Waals surface area contributed by atoms with Crippen LogP contribution in [-0.4, -0.2) is 44.5 Å². The van der Waals surface area contributed by atoms with Gasteiger partial charge in [-0.2, -0.15) is 0 Å². The Morgan fingerprint density at radius 1 is 1.00 bits per heavy atom. The Hall–Kier alpha value is -3.88. The van der Waals surface area contributed by atoms with E-state index in [1.54, 1.807) is 38.3 Å². The molecule has 2 aromatic rings. The van der Waals surface area contributed by atoms with Crippen LogP contribution in [0.3, 0.4) is 0 Å². The normalized spacial score (nSPS) is 19.2. The molecule has 178 valence electrons. The Morgan fingerprint density at radius 2 is 1.65 bits per heavy atom. The summed E-state index contributed by atoms with van der Waals surface area (Å²) in [7, 11) is 4.91. The van der Waals surface area contributed by atoms with Gasteiger partial charge < -0.3 is 14.4 Å². The van der Waals surface area contributed by atoms with Crippen molar-refractivity contribution in [3.8, 4) is 11.5 Å². The van der Waals surface area contributed by atoms with Gasteiger partial charge in [-0.3, -0.25) is 19.7 Å². The van der Waals surface area contributed by atoms with Crippen LogP contribution in [-0.2, 0) is 16.0 Å². The number of hydrogen-bond acceptors (Lipinski definition) is 7. The molecule has 1 fully saturated rings. The van der Waals surface area contributed by atoms with Crippen LogP contribution in [0.25, 0.3) is 0 Å². The number of nitro benzene ring substituents is 1. The minimum Gasteiger partial charge on any atom is -0.493 e. The maximum absolute atomic E-state index is 12.9. The molecule has 1 heterocycles. The van der Waals surface area contributed by atoms with E-state index in [4.69, 9.17) is 9.47 Å². The highest BCUT2D eigenvalue weighted by Crippen LogP contribution is 2.40. The first kappa shape index (κ1) is 23.3. The minimum absolute atomic E-state index is 0.152. The van der Waals surface area contributed by atoms with Crippen molar-refractivity contribution < 1.29 is 24.0 Å². The fourth-order valence-electron chi connectivity index (χ4n) is 4.63. The molecule has 0 radical (unpaired) electrons. The van der Waals surface area contributed by atoms with Gasteiger partial charge in [0.25, 0.3) is 5.69 Å². The first-order chi connectivity index (χ1) is 16.3. The van der Waals surface area contributed by atoms with Crippen LogP contribution in [0.4, 0.5) is 17.1 Å². The molecule has 0 aromatic heterocycles. The third-order valence-electron chi connectivity index (χ3n) is 6.52. The number of likely N-dealkylation sites (N-methyl/N-ethyl adjacent to an activating group) is 1. The summed E-state index contributed by atoms with van der Waals surface area (Å²) in [5.74, 6) is -0.103. The van der Waals surface area contributed by atoms with Crippen LogP contribution in [0.1, 0.15) is 18.4 Å². The number of ether oxygens (including phenoxy) is 2. The summed E-state index contributed by atoms with van der Waals surface area (Å²) in [6, 6.07) is 10.2. The van der Waals surface area contributed by atoms with Crippen molar-refractivity contribution in [3.63, 3.8) is 0 Å². The Morgan fingerprint density at radius 3 is 2.24 bits per heavy atom. The van der Waals surface area contributed by atoms with E-state index in [1.165, 1.54) is 6.07 Å². The molecule has 2 aliphatic rings. The second kappa shape index (κ2) is 9.54. The van der Waals surface area contributed by atoms with E-state index in [2.05, 4.69) is 0 Å². The SMILES string of the molecule is COc1ccc(CCN(C)c2ccc(N3C(=O)[C@H]4CC=CC[C@@H]4C3=O)cc2[N+](=O)[O-])cc1OC. The van der Waals surface area contributed by atoms with Crippen molar-refractivity contribution in [1.82, 2.24) is 0 Å². The largest absolute Gasteiger partial charge is 0.493 e. The Balaban J connectivity index is 1.54. The molecule has 1 saturated heterocycles. The van der Waals surface area contributed by atoms with Crippen molar-refractivity contribution in [2.75, 3.05) is 37.6 Å². The number of methoxy groups -OCH3 is 2. The van der Waals surface area contributed by atoms with Crippen molar-refractivity contribution in [1.29, 1.82) is 0 Å². The number of nitrogens with zero attached hydrogens (tertiary/aromatic N) is 3. The van der Waals surface area contributed by atoms with Crippen LogP contribution in [0, 0.1) is 22.0 Å². The van der Waals surface area contributed by atoms with E-state index in [9.17, 15) is 19.7 Å². The molecule has 2 amide bonds. The van der Waals surface area contributed by atoms with Gasteiger partial charge in [-0.1, -0.05) is 18.2 Å². The molecule has 0 unspecified atom stereocenters.